The van der Waals surface area contributed by atoms with Crippen LogP contribution in [0.4, 0.5) is 0 Å². The summed E-state index contributed by atoms with van der Waals surface area (Å²) in [5, 5.41) is 13.6. The zero-order valence-corrected chi connectivity index (χ0v) is 15.2. The number of hydrogen-bond acceptors (Lipinski definition) is 5. The first-order chi connectivity index (χ1) is 13.0. The standard InChI is InChI=1S/C19H18ClN3O4/c20-14-1-2-15(21-9-14)11-5-13-10-23(3-4-27-18(13)16(24)6-11)19(26)12-7-17(25)22-8-12/h1-2,5-6,9,12,24H,3-4,7-8,10H2,(H,22,25)/t12-/m0/s1. The van der Waals surface area contributed by atoms with Gasteiger partial charge in [-0.15, -0.1) is 0 Å². The van der Waals surface area contributed by atoms with E-state index in [1.165, 1.54) is 6.20 Å². The topological polar surface area (TPSA) is 91.8 Å². The molecule has 2 aliphatic heterocycles. The monoisotopic (exact) mass is 387 g/mol. The molecule has 1 aromatic carbocycles. The molecule has 0 saturated carbocycles. The van der Waals surface area contributed by atoms with Crippen LogP contribution in [0, 0.1) is 5.92 Å². The van der Waals surface area contributed by atoms with Crippen LogP contribution in [0.5, 0.6) is 11.5 Å². The minimum absolute atomic E-state index is 0.00580. The van der Waals surface area contributed by atoms with E-state index in [0.29, 0.717) is 47.2 Å². The second kappa shape index (κ2) is 7.08. The van der Waals surface area contributed by atoms with Gasteiger partial charge in [0.2, 0.25) is 11.8 Å². The Morgan fingerprint density at radius 2 is 2.22 bits per heavy atom. The van der Waals surface area contributed by atoms with Crippen LogP contribution in [0.25, 0.3) is 11.3 Å². The molecule has 0 spiro atoms. The molecule has 8 heteroatoms. The lowest BCUT2D eigenvalue weighted by atomic mass is 10.0. The Balaban J connectivity index is 1.63. The SMILES string of the molecule is O=C1C[C@H](C(=O)N2CCOc3c(O)cc(-c4ccc(Cl)cn4)cc3C2)CN1. The predicted octanol–water partition coefficient (Wildman–Crippen LogP) is 1.96. The van der Waals surface area contributed by atoms with E-state index in [2.05, 4.69) is 10.3 Å². The zero-order valence-electron chi connectivity index (χ0n) is 14.4. The van der Waals surface area contributed by atoms with Crippen LogP contribution in [0.3, 0.4) is 0 Å². The number of ether oxygens (including phenoxy) is 1. The number of aromatic hydroxyl groups is 1. The Labute approximate surface area is 160 Å². The summed E-state index contributed by atoms with van der Waals surface area (Å²) in [6.45, 7) is 1.33. The molecule has 4 rings (SSSR count). The molecule has 0 bridgehead atoms. The number of amides is 2. The fraction of sp³-hybridized carbons (Fsp3) is 0.316. The fourth-order valence-corrected chi connectivity index (χ4v) is 3.53. The van der Waals surface area contributed by atoms with E-state index in [9.17, 15) is 14.7 Å². The normalized spacial score (nSPS) is 19.1. The Morgan fingerprint density at radius 3 is 2.93 bits per heavy atom. The first-order valence-electron chi connectivity index (χ1n) is 8.67. The van der Waals surface area contributed by atoms with Gasteiger partial charge in [0.05, 0.1) is 23.2 Å². The zero-order chi connectivity index (χ0) is 19.0. The van der Waals surface area contributed by atoms with Gasteiger partial charge in [-0.25, -0.2) is 0 Å². The first-order valence-corrected chi connectivity index (χ1v) is 9.05. The van der Waals surface area contributed by atoms with Crippen LogP contribution in [0.1, 0.15) is 12.0 Å². The summed E-state index contributed by atoms with van der Waals surface area (Å²) in [4.78, 5) is 30.1. The summed E-state index contributed by atoms with van der Waals surface area (Å²) in [6, 6.07) is 6.93. The van der Waals surface area contributed by atoms with Gasteiger partial charge < -0.3 is 20.1 Å². The van der Waals surface area contributed by atoms with Gasteiger partial charge in [-0.3, -0.25) is 14.6 Å². The van der Waals surface area contributed by atoms with Crippen molar-refractivity contribution < 1.29 is 19.4 Å². The highest BCUT2D eigenvalue weighted by atomic mass is 35.5. The van der Waals surface area contributed by atoms with E-state index >= 15 is 0 Å². The number of fused-ring (bicyclic) bond motifs is 1. The van der Waals surface area contributed by atoms with Crippen molar-refractivity contribution in [1.82, 2.24) is 15.2 Å². The molecule has 0 aliphatic carbocycles. The molecule has 7 nitrogen and oxygen atoms in total. The minimum atomic E-state index is -0.353. The summed E-state index contributed by atoms with van der Waals surface area (Å²) in [5.41, 5.74) is 2.06. The number of rotatable bonds is 2. The molecule has 140 valence electrons. The van der Waals surface area contributed by atoms with Gasteiger partial charge in [-0.1, -0.05) is 11.6 Å². The van der Waals surface area contributed by atoms with Gasteiger partial charge >= 0.3 is 0 Å². The van der Waals surface area contributed by atoms with Gasteiger partial charge in [-0.05, 0) is 24.3 Å². The van der Waals surface area contributed by atoms with Crippen LogP contribution < -0.4 is 10.1 Å². The number of nitrogens with zero attached hydrogens (tertiary/aromatic N) is 2. The van der Waals surface area contributed by atoms with Gasteiger partial charge in [0.15, 0.2) is 11.5 Å². The van der Waals surface area contributed by atoms with E-state index < -0.39 is 0 Å². The van der Waals surface area contributed by atoms with Crippen LogP contribution in [0.15, 0.2) is 30.5 Å². The third-order valence-electron chi connectivity index (χ3n) is 4.78. The van der Waals surface area contributed by atoms with E-state index in [0.717, 1.165) is 0 Å². The fourth-order valence-electron chi connectivity index (χ4n) is 3.42. The highest BCUT2D eigenvalue weighted by molar-refractivity contribution is 6.30. The van der Waals surface area contributed by atoms with E-state index in [1.54, 1.807) is 23.1 Å². The Bertz CT molecular complexity index is 901. The van der Waals surface area contributed by atoms with Crippen LogP contribution in [0.2, 0.25) is 5.02 Å². The number of hydrogen-bond donors (Lipinski definition) is 2. The van der Waals surface area contributed by atoms with Crippen molar-refractivity contribution in [2.24, 2.45) is 5.92 Å². The van der Waals surface area contributed by atoms with Crippen LogP contribution in [-0.2, 0) is 16.1 Å². The number of phenolic OH excluding ortho intramolecular Hbond substituents is 1. The number of carbonyl (C=O) groups is 2. The van der Waals surface area contributed by atoms with Crippen molar-refractivity contribution in [3.05, 3.63) is 41.0 Å². The Kier molecular flexibility index (Phi) is 4.61. The largest absolute Gasteiger partial charge is 0.504 e. The second-order valence-corrected chi connectivity index (χ2v) is 7.10. The third kappa shape index (κ3) is 3.55. The van der Waals surface area contributed by atoms with Crippen molar-refractivity contribution in [3.8, 4) is 22.8 Å². The van der Waals surface area contributed by atoms with Gasteiger partial charge in [-0.2, -0.15) is 0 Å². The first kappa shape index (κ1) is 17.6. The summed E-state index contributed by atoms with van der Waals surface area (Å²) in [6.07, 6.45) is 1.75. The number of halogens is 1. The van der Waals surface area contributed by atoms with Crippen molar-refractivity contribution in [2.45, 2.75) is 13.0 Å². The number of carbonyl (C=O) groups excluding carboxylic acids is 2. The molecule has 2 amide bonds. The predicted molar refractivity (Wildman–Crippen MR) is 98.4 cm³/mol. The molecule has 0 unspecified atom stereocenters. The summed E-state index contributed by atoms with van der Waals surface area (Å²) >= 11 is 5.89. The third-order valence-corrected chi connectivity index (χ3v) is 5.00. The Morgan fingerprint density at radius 1 is 1.37 bits per heavy atom. The highest BCUT2D eigenvalue weighted by Crippen LogP contribution is 2.37. The maximum absolute atomic E-state index is 12.8. The molecule has 2 aromatic rings. The van der Waals surface area contributed by atoms with Gasteiger partial charge in [0.1, 0.15) is 6.61 Å². The molecule has 2 aliphatic rings. The van der Waals surface area contributed by atoms with Gasteiger partial charge in [0.25, 0.3) is 0 Å². The molecule has 1 saturated heterocycles. The average Bonchev–Trinajstić information content (AvgIpc) is 2.96. The smallest absolute Gasteiger partial charge is 0.228 e. The van der Waals surface area contributed by atoms with Crippen LogP contribution >= 0.6 is 11.6 Å². The number of aromatic nitrogens is 1. The van der Waals surface area contributed by atoms with Crippen molar-refractivity contribution >= 4 is 23.4 Å². The molecule has 3 heterocycles. The van der Waals surface area contributed by atoms with E-state index in [4.69, 9.17) is 16.3 Å². The molecule has 1 aromatic heterocycles. The summed E-state index contributed by atoms with van der Waals surface area (Å²) in [5.74, 6) is -0.156. The summed E-state index contributed by atoms with van der Waals surface area (Å²) < 4.78 is 5.69. The van der Waals surface area contributed by atoms with Crippen molar-refractivity contribution in [3.63, 3.8) is 0 Å². The Hall–Kier alpha value is -2.80. The van der Waals surface area contributed by atoms with E-state index in [-0.39, 0.29) is 36.5 Å². The lowest BCUT2D eigenvalue weighted by Crippen LogP contribution is -2.37. The van der Waals surface area contributed by atoms with E-state index in [1.807, 2.05) is 6.07 Å². The average molecular weight is 388 g/mol. The molecular weight excluding hydrogens is 370 g/mol. The number of pyridine rings is 1. The van der Waals surface area contributed by atoms with Crippen molar-refractivity contribution in [2.75, 3.05) is 19.7 Å². The highest BCUT2D eigenvalue weighted by Gasteiger charge is 2.33. The quantitative estimate of drug-likeness (QED) is 0.822. The molecule has 1 fully saturated rings. The van der Waals surface area contributed by atoms with Crippen LogP contribution in [-0.4, -0.2) is 46.5 Å². The number of phenols is 1. The second-order valence-electron chi connectivity index (χ2n) is 6.66. The van der Waals surface area contributed by atoms with Gasteiger partial charge in [0, 0.05) is 36.8 Å². The number of benzene rings is 1. The molecule has 0 radical (unpaired) electrons. The lowest BCUT2D eigenvalue weighted by molar-refractivity contribution is -0.136. The molecule has 1 atom stereocenters. The molecule has 27 heavy (non-hydrogen) atoms. The number of nitrogens with one attached hydrogen (secondary N) is 1. The molecular formula is C19H18ClN3O4. The lowest BCUT2D eigenvalue weighted by Gasteiger charge is -2.22. The maximum Gasteiger partial charge on any atom is 0.228 e. The van der Waals surface area contributed by atoms with Crippen molar-refractivity contribution in [1.29, 1.82) is 0 Å². The minimum Gasteiger partial charge on any atom is -0.504 e. The maximum atomic E-state index is 12.8. The molecule has 2 N–H and O–H groups in total. The summed E-state index contributed by atoms with van der Waals surface area (Å²) in [7, 11) is 0.